The van der Waals surface area contributed by atoms with Gasteiger partial charge in [0.15, 0.2) is 5.78 Å². The molecule has 98 valence electrons. The zero-order valence-corrected chi connectivity index (χ0v) is 13.0. The second-order valence-corrected chi connectivity index (χ2v) is 5.95. The van der Waals surface area contributed by atoms with Crippen LogP contribution in [0.25, 0.3) is 0 Å². The number of Topliss-reactive ketones (excluding diaryl/α,β-unsaturated/α-hetero) is 1. The molecule has 0 saturated carbocycles. The maximum absolute atomic E-state index is 11.3. The van der Waals surface area contributed by atoms with E-state index in [1.165, 1.54) is 0 Å². The molecule has 0 aliphatic carbocycles. The van der Waals surface area contributed by atoms with Crippen molar-refractivity contribution in [2.45, 2.75) is 16.7 Å². The first-order chi connectivity index (χ1) is 9.10. The smallest absolute Gasteiger partial charge is 0.159 e. The Kier molecular flexibility index (Phi) is 4.66. The molecule has 2 rings (SSSR count). The Balaban J connectivity index is 2.20. The van der Waals surface area contributed by atoms with Gasteiger partial charge in [0.05, 0.1) is 7.11 Å². The molecule has 0 aromatic heterocycles. The SMILES string of the molecule is COc1ccc(Sc2ccc(C(C)=O)cc2Br)cc1. The van der Waals surface area contributed by atoms with Gasteiger partial charge in [-0.05, 0) is 59.3 Å². The third-order valence-electron chi connectivity index (χ3n) is 2.63. The molecule has 2 aromatic rings. The fourth-order valence-corrected chi connectivity index (χ4v) is 3.01. The van der Waals surface area contributed by atoms with Crippen molar-refractivity contribution in [3.05, 3.63) is 52.5 Å². The van der Waals surface area contributed by atoms with Gasteiger partial charge in [-0.25, -0.2) is 0 Å². The molecule has 0 saturated heterocycles. The van der Waals surface area contributed by atoms with Gasteiger partial charge < -0.3 is 4.74 Å². The van der Waals surface area contributed by atoms with E-state index >= 15 is 0 Å². The van der Waals surface area contributed by atoms with Crippen molar-refractivity contribution in [3.8, 4) is 5.75 Å². The summed E-state index contributed by atoms with van der Waals surface area (Å²) < 4.78 is 6.06. The molecular weight excluding hydrogens is 324 g/mol. The third-order valence-corrected chi connectivity index (χ3v) is 4.63. The average Bonchev–Trinajstić information content (AvgIpc) is 2.41. The number of halogens is 1. The molecule has 0 heterocycles. The topological polar surface area (TPSA) is 26.3 Å². The van der Waals surface area contributed by atoms with Gasteiger partial charge in [-0.2, -0.15) is 0 Å². The summed E-state index contributed by atoms with van der Waals surface area (Å²) >= 11 is 5.14. The number of hydrogen-bond acceptors (Lipinski definition) is 3. The van der Waals surface area contributed by atoms with E-state index in [1.807, 2.05) is 42.5 Å². The van der Waals surface area contributed by atoms with Crippen LogP contribution in [0.15, 0.2) is 56.7 Å². The van der Waals surface area contributed by atoms with Gasteiger partial charge in [0.1, 0.15) is 5.75 Å². The maximum Gasteiger partial charge on any atom is 0.159 e. The van der Waals surface area contributed by atoms with Crippen molar-refractivity contribution in [2.24, 2.45) is 0 Å². The fourth-order valence-electron chi connectivity index (χ4n) is 1.57. The largest absolute Gasteiger partial charge is 0.497 e. The van der Waals surface area contributed by atoms with E-state index in [0.29, 0.717) is 5.56 Å². The first-order valence-electron chi connectivity index (χ1n) is 5.72. The molecule has 0 amide bonds. The first-order valence-corrected chi connectivity index (χ1v) is 7.33. The number of methoxy groups -OCH3 is 1. The number of ketones is 1. The molecule has 2 aromatic carbocycles. The van der Waals surface area contributed by atoms with E-state index < -0.39 is 0 Å². The normalized spacial score (nSPS) is 10.3. The van der Waals surface area contributed by atoms with Gasteiger partial charge in [0.25, 0.3) is 0 Å². The van der Waals surface area contributed by atoms with Crippen LogP contribution in [0.1, 0.15) is 17.3 Å². The van der Waals surface area contributed by atoms with Crippen LogP contribution in [-0.2, 0) is 0 Å². The zero-order valence-electron chi connectivity index (χ0n) is 10.6. The standard InChI is InChI=1S/C15H13BrO2S/c1-10(17)11-3-8-15(14(16)9-11)19-13-6-4-12(18-2)5-7-13/h3-9H,1-2H3. The highest BCUT2D eigenvalue weighted by Crippen LogP contribution is 2.34. The Hall–Kier alpha value is -1.26. The van der Waals surface area contributed by atoms with E-state index in [4.69, 9.17) is 4.74 Å². The quantitative estimate of drug-likeness (QED) is 0.749. The molecule has 0 spiro atoms. The zero-order chi connectivity index (χ0) is 13.8. The predicted molar refractivity (Wildman–Crippen MR) is 81.3 cm³/mol. The van der Waals surface area contributed by atoms with Crippen LogP contribution >= 0.6 is 27.7 Å². The van der Waals surface area contributed by atoms with Crippen LogP contribution in [-0.4, -0.2) is 12.9 Å². The summed E-state index contributed by atoms with van der Waals surface area (Å²) in [6.07, 6.45) is 0. The van der Waals surface area contributed by atoms with Gasteiger partial charge in [-0.15, -0.1) is 0 Å². The molecule has 0 bridgehead atoms. The summed E-state index contributed by atoms with van der Waals surface area (Å²) in [4.78, 5) is 13.5. The van der Waals surface area contributed by atoms with Gasteiger partial charge in [0.2, 0.25) is 0 Å². The number of carbonyl (C=O) groups is 1. The number of hydrogen-bond donors (Lipinski definition) is 0. The molecule has 2 nitrogen and oxygen atoms in total. The highest BCUT2D eigenvalue weighted by molar-refractivity contribution is 9.10. The molecule has 0 atom stereocenters. The molecule has 0 aliphatic heterocycles. The number of carbonyl (C=O) groups excluding carboxylic acids is 1. The van der Waals surface area contributed by atoms with E-state index in [9.17, 15) is 4.79 Å². The van der Waals surface area contributed by atoms with Crippen LogP contribution in [0.2, 0.25) is 0 Å². The Morgan fingerprint density at radius 3 is 2.37 bits per heavy atom. The van der Waals surface area contributed by atoms with Crippen molar-refractivity contribution in [2.75, 3.05) is 7.11 Å². The van der Waals surface area contributed by atoms with E-state index in [1.54, 1.807) is 25.8 Å². The van der Waals surface area contributed by atoms with Gasteiger partial charge in [-0.3, -0.25) is 4.79 Å². The Morgan fingerprint density at radius 1 is 1.16 bits per heavy atom. The minimum absolute atomic E-state index is 0.0710. The Labute approximate surface area is 125 Å². The van der Waals surface area contributed by atoms with Crippen molar-refractivity contribution in [3.63, 3.8) is 0 Å². The number of rotatable bonds is 4. The molecule has 0 fully saturated rings. The van der Waals surface area contributed by atoms with Crippen LogP contribution in [0.4, 0.5) is 0 Å². The van der Waals surface area contributed by atoms with Gasteiger partial charge in [0, 0.05) is 19.8 Å². The predicted octanol–water partition coefficient (Wildman–Crippen LogP) is 4.81. The fraction of sp³-hybridized carbons (Fsp3) is 0.133. The molecule has 4 heteroatoms. The summed E-state index contributed by atoms with van der Waals surface area (Å²) in [5, 5.41) is 0. The van der Waals surface area contributed by atoms with Gasteiger partial charge in [-0.1, -0.05) is 17.8 Å². The molecule has 0 unspecified atom stereocenters. The minimum Gasteiger partial charge on any atom is -0.497 e. The van der Waals surface area contributed by atoms with Gasteiger partial charge >= 0.3 is 0 Å². The molecular formula is C15H13BrO2S. The molecule has 0 radical (unpaired) electrons. The summed E-state index contributed by atoms with van der Waals surface area (Å²) in [6.45, 7) is 1.57. The lowest BCUT2D eigenvalue weighted by molar-refractivity contribution is 0.101. The monoisotopic (exact) mass is 336 g/mol. The molecule has 0 N–H and O–H groups in total. The van der Waals surface area contributed by atoms with E-state index in [-0.39, 0.29) is 5.78 Å². The lowest BCUT2D eigenvalue weighted by Gasteiger charge is -2.06. The minimum atomic E-state index is 0.0710. The summed E-state index contributed by atoms with van der Waals surface area (Å²) in [5.41, 5.74) is 0.714. The highest BCUT2D eigenvalue weighted by Gasteiger charge is 2.06. The second-order valence-electron chi connectivity index (χ2n) is 3.98. The van der Waals surface area contributed by atoms with Crippen molar-refractivity contribution < 1.29 is 9.53 Å². The third kappa shape index (κ3) is 3.61. The lowest BCUT2D eigenvalue weighted by Crippen LogP contribution is -1.91. The van der Waals surface area contributed by atoms with E-state index in [0.717, 1.165) is 20.0 Å². The number of benzene rings is 2. The molecule has 0 aliphatic rings. The Morgan fingerprint density at radius 2 is 1.84 bits per heavy atom. The van der Waals surface area contributed by atoms with Crippen LogP contribution in [0.3, 0.4) is 0 Å². The number of ether oxygens (including phenoxy) is 1. The van der Waals surface area contributed by atoms with Crippen molar-refractivity contribution >= 4 is 33.5 Å². The first kappa shape index (κ1) is 14.2. The summed E-state index contributed by atoms with van der Waals surface area (Å²) in [5.74, 6) is 0.914. The summed E-state index contributed by atoms with van der Waals surface area (Å²) in [6, 6.07) is 13.5. The van der Waals surface area contributed by atoms with Crippen LogP contribution in [0, 0.1) is 0 Å². The van der Waals surface area contributed by atoms with Crippen molar-refractivity contribution in [1.29, 1.82) is 0 Å². The maximum atomic E-state index is 11.3. The summed E-state index contributed by atoms with van der Waals surface area (Å²) in [7, 11) is 1.65. The Bertz CT molecular complexity index is 594. The lowest BCUT2D eigenvalue weighted by atomic mass is 10.2. The molecule has 19 heavy (non-hydrogen) atoms. The van der Waals surface area contributed by atoms with Crippen LogP contribution < -0.4 is 4.74 Å². The average molecular weight is 337 g/mol. The second kappa shape index (κ2) is 6.26. The van der Waals surface area contributed by atoms with E-state index in [2.05, 4.69) is 15.9 Å². The van der Waals surface area contributed by atoms with Crippen LogP contribution in [0.5, 0.6) is 5.75 Å². The van der Waals surface area contributed by atoms with Crippen molar-refractivity contribution in [1.82, 2.24) is 0 Å². The highest BCUT2D eigenvalue weighted by atomic mass is 79.9.